The molecule has 1 saturated carbocycles. The molecule has 0 N–H and O–H groups in total. The summed E-state index contributed by atoms with van der Waals surface area (Å²) in [5, 5.41) is 0. The molecule has 4 rings (SSSR count). The first-order chi connectivity index (χ1) is 14.3. The molecule has 3 fully saturated rings. The fraction of sp³-hybridized carbons (Fsp3) is 0.731. The van der Waals surface area contributed by atoms with Crippen LogP contribution in [0.1, 0.15) is 76.2 Å². The summed E-state index contributed by atoms with van der Waals surface area (Å²) in [4.78, 5) is 18.2. The lowest BCUT2D eigenvalue weighted by atomic mass is 9.88. The number of likely N-dealkylation sites (tertiary alicyclic amines) is 2. The molecule has 2 aliphatic heterocycles. The van der Waals surface area contributed by atoms with E-state index in [0.29, 0.717) is 5.91 Å². The number of rotatable bonds is 4. The molecular formula is C26H40N2O. The summed E-state index contributed by atoms with van der Waals surface area (Å²) in [7, 11) is 0. The highest BCUT2D eigenvalue weighted by molar-refractivity contribution is 5.79. The number of hydrogen-bond donors (Lipinski definition) is 0. The van der Waals surface area contributed by atoms with Gasteiger partial charge in [0.1, 0.15) is 0 Å². The molecule has 3 heteroatoms. The van der Waals surface area contributed by atoms with Gasteiger partial charge in [0.05, 0.1) is 5.92 Å². The quantitative estimate of drug-likeness (QED) is 0.690. The van der Waals surface area contributed by atoms with Gasteiger partial charge in [-0.2, -0.15) is 0 Å². The van der Waals surface area contributed by atoms with Crippen molar-refractivity contribution in [3.05, 3.63) is 35.9 Å². The lowest BCUT2D eigenvalue weighted by Crippen LogP contribution is -2.49. The third-order valence-electron chi connectivity index (χ3n) is 7.69. The van der Waals surface area contributed by atoms with Crippen molar-refractivity contribution < 1.29 is 4.79 Å². The Kier molecular flexibility index (Phi) is 7.65. The molecule has 1 aromatic carbocycles. The summed E-state index contributed by atoms with van der Waals surface area (Å²) in [5.74, 6) is 1.44. The summed E-state index contributed by atoms with van der Waals surface area (Å²) in [6.45, 7) is 4.17. The van der Waals surface area contributed by atoms with Gasteiger partial charge in [0.2, 0.25) is 5.91 Å². The predicted molar refractivity (Wildman–Crippen MR) is 120 cm³/mol. The van der Waals surface area contributed by atoms with Crippen LogP contribution in [0.3, 0.4) is 0 Å². The molecule has 2 saturated heterocycles. The van der Waals surface area contributed by atoms with Gasteiger partial charge in [0, 0.05) is 25.7 Å². The highest BCUT2D eigenvalue weighted by Gasteiger charge is 2.33. The zero-order valence-corrected chi connectivity index (χ0v) is 18.2. The second kappa shape index (κ2) is 10.6. The van der Waals surface area contributed by atoms with E-state index in [9.17, 15) is 4.79 Å². The van der Waals surface area contributed by atoms with E-state index in [1.807, 2.05) is 0 Å². The second-order valence-corrected chi connectivity index (χ2v) is 9.79. The largest absolute Gasteiger partial charge is 0.342 e. The zero-order chi connectivity index (χ0) is 19.9. The first kappa shape index (κ1) is 20.9. The minimum Gasteiger partial charge on any atom is -0.342 e. The third kappa shape index (κ3) is 5.84. The smallest absolute Gasteiger partial charge is 0.226 e. The number of piperidine rings is 2. The first-order valence-electron chi connectivity index (χ1n) is 12.4. The number of amides is 1. The molecule has 1 aliphatic carbocycles. The van der Waals surface area contributed by atoms with E-state index in [1.165, 1.54) is 82.7 Å². The molecule has 2 heterocycles. The Bertz CT molecular complexity index is 615. The van der Waals surface area contributed by atoms with Gasteiger partial charge in [-0.15, -0.1) is 0 Å². The van der Waals surface area contributed by atoms with Crippen LogP contribution in [0.2, 0.25) is 0 Å². The molecule has 160 valence electrons. The minimum absolute atomic E-state index is 0.250. The number of benzene rings is 1. The van der Waals surface area contributed by atoms with Crippen LogP contribution >= 0.6 is 0 Å². The summed E-state index contributed by atoms with van der Waals surface area (Å²) >= 11 is 0. The van der Waals surface area contributed by atoms with Crippen LogP contribution in [-0.2, 0) is 11.2 Å². The zero-order valence-electron chi connectivity index (χ0n) is 18.2. The van der Waals surface area contributed by atoms with Crippen molar-refractivity contribution in [2.24, 2.45) is 11.8 Å². The summed E-state index contributed by atoms with van der Waals surface area (Å²) in [5.41, 5.74) is 1.44. The maximum atomic E-state index is 13.3. The molecular weight excluding hydrogens is 356 g/mol. The van der Waals surface area contributed by atoms with Gasteiger partial charge in [-0.05, 0) is 63.0 Å². The lowest BCUT2D eigenvalue weighted by Gasteiger charge is -2.41. The molecule has 1 aromatic rings. The van der Waals surface area contributed by atoms with Crippen molar-refractivity contribution in [1.82, 2.24) is 9.80 Å². The highest BCUT2D eigenvalue weighted by Crippen LogP contribution is 2.29. The van der Waals surface area contributed by atoms with Gasteiger partial charge in [0.15, 0.2) is 0 Å². The molecule has 3 nitrogen and oxygen atoms in total. The molecule has 1 atom stereocenters. The van der Waals surface area contributed by atoms with E-state index in [4.69, 9.17) is 0 Å². The molecule has 1 amide bonds. The van der Waals surface area contributed by atoms with E-state index < -0.39 is 0 Å². The number of hydrogen-bond acceptors (Lipinski definition) is 2. The van der Waals surface area contributed by atoms with E-state index in [2.05, 4.69) is 40.1 Å². The summed E-state index contributed by atoms with van der Waals surface area (Å²) in [6.07, 6.45) is 15.5. The van der Waals surface area contributed by atoms with Crippen molar-refractivity contribution in [3.8, 4) is 0 Å². The SMILES string of the molecule is O=C(C1CCCN(C2CCCCCCC2)C1)N1CCC(Cc2ccccc2)CC1. The average Bonchev–Trinajstić information content (AvgIpc) is 2.74. The highest BCUT2D eigenvalue weighted by atomic mass is 16.2. The molecule has 0 aromatic heterocycles. The molecule has 3 aliphatic rings. The maximum Gasteiger partial charge on any atom is 0.226 e. The monoisotopic (exact) mass is 396 g/mol. The van der Waals surface area contributed by atoms with E-state index in [0.717, 1.165) is 38.0 Å². The molecule has 1 unspecified atom stereocenters. The first-order valence-corrected chi connectivity index (χ1v) is 12.4. The van der Waals surface area contributed by atoms with Crippen molar-refractivity contribution in [1.29, 1.82) is 0 Å². The second-order valence-electron chi connectivity index (χ2n) is 9.79. The average molecular weight is 397 g/mol. The van der Waals surface area contributed by atoms with Gasteiger partial charge in [-0.1, -0.05) is 62.4 Å². The van der Waals surface area contributed by atoms with Crippen molar-refractivity contribution in [3.63, 3.8) is 0 Å². The van der Waals surface area contributed by atoms with Gasteiger partial charge in [-0.25, -0.2) is 0 Å². The Hall–Kier alpha value is -1.35. The fourth-order valence-electron chi connectivity index (χ4n) is 5.90. The van der Waals surface area contributed by atoms with Crippen LogP contribution in [0.5, 0.6) is 0 Å². The maximum absolute atomic E-state index is 13.3. The fourth-order valence-corrected chi connectivity index (χ4v) is 5.90. The van der Waals surface area contributed by atoms with E-state index in [-0.39, 0.29) is 5.92 Å². The van der Waals surface area contributed by atoms with E-state index in [1.54, 1.807) is 0 Å². The van der Waals surface area contributed by atoms with Gasteiger partial charge < -0.3 is 4.90 Å². The van der Waals surface area contributed by atoms with Gasteiger partial charge in [0.25, 0.3) is 0 Å². The Morgan fingerprint density at radius 1 is 0.793 bits per heavy atom. The Balaban J connectivity index is 1.26. The van der Waals surface area contributed by atoms with Crippen molar-refractivity contribution in [2.75, 3.05) is 26.2 Å². The summed E-state index contributed by atoms with van der Waals surface area (Å²) in [6, 6.07) is 11.6. The van der Waals surface area contributed by atoms with Crippen molar-refractivity contribution >= 4 is 5.91 Å². The van der Waals surface area contributed by atoms with Crippen LogP contribution < -0.4 is 0 Å². The number of carbonyl (C=O) groups is 1. The van der Waals surface area contributed by atoms with Gasteiger partial charge >= 0.3 is 0 Å². The number of carbonyl (C=O) groups excluding carboxylic acids is 1. The third-order valence-corrected chi connectivity index (χ3v) is 7.69. The van der Waals surface area contributed by atoms with Gasteiger partial charge in [-0.3, -0.25) is 9.69 Å². The Morgan fingerprint density at radius 3 is 2.21 bits per heavy atom. The normalized spacial score (nSPS) is 26.1. The van der Waals surface area contributed by atoms with Crippen molar-refractivity contribution in [2.45, 2.75) is 83.1 Å². The minimum atomic E-state index is 0.250. The lowest BCUT2D eigenvalue weighted by molar-refractivity contribution is -0.139. The molecule has 0 spiro atoms. The number of nitrogens with zero attached hydrogens (tertiary/aromatic N) is 2. The summed E-state index contributed by atoms with van der Waals surface area (Å²) < 4.78 is 0. The van der Waals surface area contributed by atoms with Crippen LogP contribution in [0.25, 0.3) is 0 Å². The van der Waals surface area contributed by atoms with Crippen LogP contribution in [0.4, 0.5) is 0 Å². The van der Waals surface area contributed by atoms with Crippen LogP contribution in [0, 0.1) is 11.8 Å². The van der Waals surface area contributed by atoms with Crippen LogP contribution in [0.15, 0.2) is 30.3 Å². The van der Waals surface area contributed by atoms with Crippen LogP contribution in [-0.4, -0.2) is 47.9 Å². The Morgan fingerprint density at radius 2 is 1.48 bits per heavy atom. The predicted octanol–water partition coefficient (Wildman–Crippen LogP) is 5.29. The molecule has 29 heavy (non-hydrogen) atoms. The Labute approximate surface area is 177 Å². The topological polar surface area (TPSA) is 23.6 Å². The standard InChI is InChI=1S/C26H40N2O/c29-26(27-18-15-23(16-19-27)20-22-10-5-4-6-11-22)24-12-9-17-28(21-24)25-13-7-2-1-3-8-14-25/h4-6,10-11,23-25H,1-3,7-9,12-21H2. The van der Waals surface area contributed by atoms with E-state index >= 15 is 0 Å². The molecule has 0 radical (unpaired) electrons. The molecule has 0 bridgehead atoms.